The van der Waals surface area contributed by atoms with Gasteiger partial charge in [-0.05, 0) is 70.2 Å². The smallest absolute Gasteiger partial charge is 0.236 e. The third kappa shape index (κ3) is 5.79. The molecule has 4 rings (SSSR count). The van der Waals surface area contributed by atoms with E-state index in [1.165, 1.54) is 0 Å². The summed E-state index contributed by atoms with van der Waals surface area (Å²) >= 11 is 0. The summed E-state index contributed by atoms with van der Waals surface area (Å²) in [6, 6.07) is 6.09. The third-order valence-electron chi connectivity index (χ3n) is 6.44. The van der Waals surface area contributed by atoms with E-state index in [0.717, 1.165) is 80.5 Å². The zero-order valence-electron chi connectivity index (χ0n) is 19.0. The molecule has 0 bridgehead atoms. The first-order valence-corrected chi connectivity index (χ1v) is 11.5. The minimum absolute atomic E-state index is 0.286. The van der Waals surface area contributed by atoms with Crippen molar-refractivity contribution in [2.24, 2.45) is 5.92 Å². The lowest BCUT2D eigenvalue weighted by molar-refractivity contribution is -0.134. The zero-order chi connectivity index (χ0) is 21.8. The molecule has 0 spiro atoms. The molecule has 2 aliphatic rings. The van der Waals surface area contributed by atoms with Crippen molar-refractivity contribution in [3.05, 3.63) is 41.5 Å². The Bertz CT molecular complexity index is 871. The number of hydrogen-bond donors (Lipinski definition) is 1. The van der Waals surface area contributed by atoms with Crippen molar-refractivity contribution in [1.29, 1.82) is 0 Å². The van der Waals surface area contributed by atoms with Gasteiger partial charge < -0.3 is 10.2 Å². The molecule has 2 aliphatic heterocycles. The normalized spacial score (nSPS) is 20.6. The highest BCUT2D eigenvalue weighted by Crippen LogP contribution is 2.27. The molecule has 7 nitrogen and oxygen atoms in total. The van der Waals surface area contributed by atoms with E-state index in [9.17, 15) is 4.79 Å². The minimum atomic E-state index is 0.286. The lowest BCUT2D eigenvalue weighted by Crippen LogP contribution is -2.46. The van der Waals surface area contributed by atoms with E-state index in [1.807, 2.05) is 32.2 Å². The SMILES string of the molecule is Cc1cc(C)nc(Nc2ccc([C@@H]3CCCN(CC(=O)N4CCC(C)CC4)C3)nc2)n1. The molecule has 1 amide bonds. The molecule has 2 saturated heterocycles. The molecule has 2 aromatic rings. The summed E-state index contributed by atoms with van der Waals surface area (Å²) in [6.45, 7) is 10.5. The van der Waals surface area contributed by atoms with Crippen molar-refractivity contribution in [3.8, 4) is 0 Å². The summed E-state index contributed by atoms with van der Waals surface area (Å²) in [6.07, 6.45) is 6.34. The number of nitrogens with one attached hydrogen (secondary N) is 1. The number of amides is 1. The van der Waals surface area contributed by atoms with Crippen LogP contribution in [0.3, 0.4) is 0 Å². The van der Waals surface area contributed by atoms with Crippen LogP contribution in [-0.2, 0) is 4.79 Å². The number of hydrogen-bond acceptors (Lipinski definition) is 6. The van der Waals surface area contributed by atoms with Gasteiger partial charge in [0.05, 0.1) is 18.4 Å². The average Bonchev–Trinajstić information content (AvgIpc) is 2.74. The van der Waals surface area contributed by atoms with E-state index < -0.39 is 0 Å². The zero-order valence-corrected chi connectivity index (χ0v) is 19.0. The lowest BCUT2D eigenvalue weighted by atomic mass is 9.94. The Kier molecular flexibility index (Phi) is 6.80. The van der Waals surface area contributed by atoms with Crippen molar-refractivity contribution in [1.82, 2.24) is 24.8 Å². The Labute approximate surface area is 185 Å². The van der Waals surface area contributed by atoms with Crippen molar-refractivity contribution in [2.45, 2.75) is 52.4 Å². The number of aryl methyl sites for hydroxylation is 2. The summed E-state index contributed by atoms with van der Waals surface area (Å²) in [5.41, 5.74) is 3.86. The van der Waals surface area contributed by atoms with E-state index in [0.29, 0.717) is 18.4 Å². The highest BCUT2D eigenvalue weighted by atomic mass is 16.2. The number of likely N-dealkylation sites (tertiary alicyclic amines) is 2. The largest absolute Gasteiger partial charge is 0.342 e. The first kappa shape index (κ1) is 21.7. The number of carbonyl (C=O) groups is 1. The highest BCUT2D eigenvalue weighted by molar-refractivity contribution is 5.78. The van der Waals surface area contributed by atoms with E-state index >= 15 is 0 Å². The molecule has 0 aliphatic carbocycles. The van der Waals surface area contributed by atoms with Crippen LogP contribution in [0, 0.1) is 19.8 Å². The number of pyridine rings is 1. The summed E-state index contributed by atoms with van der Waals surface area (Å²) in [5, 5.41) is 3.24. The second kappa shape index (κ2) is 9.73. The maximum Gasteiger partial charge on any atom is 0.236 e. The Hall–Kier alpha value is -2.54. The highest BCUT2D eigenvalue weighted by Gasteiger charge is 2.26. The Morgan fingerprint density at radius 3 is 2.52 bits per heavy atom. The van der Waals surface area contributed by atoms with Crippen LogP contribution < -0.4 is 5.32 Å². The van der Waals surface area contributed by atoms with Gasteiger partial charge in [-0.25, -0.2) is 9.97 Å². The van der Waals surface area contributed by atoms with Gasteiger partial charge in [-0.3, -0.25) is 14.7 Å². The Morgan fingerprint density at radius 1 is 1.10 bits per heavy atom. The molecular weight excluding hydrogens is 388 g/mol. The van der Waals surface area contributed by atoms with E-state index in [-0.39, 0.29) is 5.91 Å². The topological polar surface area (TPSA) is 74.2 Å². The van der Waals surface area contributed by atoms with Crippen molar-refractivity contribution in [3.63, 3.8) is 0 Å². The number of nitrogens with zero attached hydrogens (tertiary/aromatic N) is 5. The predicted octanol–water partition coefficient (Wildman–Crippen LogP) is 3.67. The van der Waals surface area contributed by atoms with Gasteiger partial charge >= 0.3 is 0 Å². The van der Waals surface area contributed by atoms with Crippen molar-refractivity contribution >= 4 is 17.5 Å². The average molecular weight is 423 g/mol. The lowest BCUT2D eigenvalue weighted by Gasteiger charge is -2.35. The summed E-state index contributed by atoms with van der Waals surface area (Å²) in [4.78, 5) is 30.7. The Balaban J connectivity index is 1.33. The van der Waals surface area contributed by atoms with Gasteiger partial charge in [-0.1, -0.05) is 6.92 Å². The molecule has 0 aromatic carbocycles. The van der Waals surface area contributed by atoms with Crippen LogP contribution in [0.15, 0.2) is 24.4 Å². The molecule has 2 aromatic heterocycles. The standard InChI is InChI=1S/C24H34N6O/c1-17-8-11-30(12-9-17)23(31)16-29-10-4-5-20(15-29)22-7-6-21(14-25-22)28-24-26-18(2)13-19(3)27-24/h6-7,13-14,17,20H,4-5,8-12,15-16H2,1-3H3,(H,26,27,28)/t20-/m1/s1. The Morgan fingerprint density at radius 2 is 1.84 bits per heavy atom. The van der Waals surface area contributed by atoms with Gasteiger partial charge in [0.1, 0.15) is 0 Å². The minimum Gasteiger partial charge on any atom is -0.342 e. The predicted molar refractivity (Wildman–Crippen MR) is 122 cm³/mol. The molecule has 7 heteroatoms. The summed E-state index contributed by atoms with van der Waals surface area (Å²) in [7, 11) is 0. The van der Waals surface area contributed by atoms with Gasteiger partial charge in [-0.15, -0.1) is 0 Å². The van der Waals surface area contributed by atoms with E-state index in [2.05, 4.69) is 38.1 Å². The van der Waals surface area contributed by atoms with Crippen LogP contribution in [0.1, 0.15) is 55.6 Å². The van der Waals surface area contributed by atoms with Crippen LogP contribution in [-0.4, -0.2) is 63.4 Å². The fourth-order valence-corrected chi connectivity index (χ4v) is 4.62. The van der Waals surface area contributed by atoms with Crippen molar-refractivity contribution < 1.29 is 4.79 Å². The first-order valence-electron chi connectivity index (χ1n) is 11.5. The summed E-state index contributed by atoms with van der Waals surface area (Å²) < 4.78 is 0. The van der Waals surface area contributed by atoms with E-state index in [1.54, 1.807) is 0 Å². The second-order valence-corrected chi connectivity index (χ2v) is 9.21. The molecule has 4 heterocycles. The number of aromatic nitrogens is 3. The molecule has 166 valence electrons. The molecule has 2 fully saturated rings. The fraction of sp³-hybridized carbons (Fsp3) is 0.583. The van der Waals surface area contributed by atoms with Crippen molar-refractivity contribution in [2.75, 3.05) is 38.0 Å². The van der Waals surface area contributed by atoms with Gasteiger partial charge in [-0.2, -0.15) is 0 Å². The number of piperidine rings is 2. The fourth-order valence-electron chi connectivity index (χ4n) is 4.62. The first-order chi connectivity index (χ1) is 15.0. The molecule has 1 atom stereocenters. The van der Waals surface area contributed by atoms with Gasteiger partial charge in [0, 0.05) is 42.6 Å². The second-order valence-electron chi connectivity index (χ2n) is 9.21. The molecule has 0 saturated carbocycles. The quantitative estimate of drug-likeness (QED) is 0.792. The van der Waals surface area contributed by atoms with Crippen LogP contribution >= 0.6 is 0 Å². The van der Waals surface area contributed by atoms with Crippen LogP contribution in [0.25, 0.3) is 0 Å². The molecule has 1 N–H and O–H groups in total. The maximum atomic E-state index is 12.7. The monoisotopic (exact) mass is 422 g/mol. The molecule has 31 heavy (non-hydrogen) atoms. The van der Waals surface area contributed by atoms with Gasteiger partial charge in [0.15, 0.2) is 0 Å². The van der Waals surface area contributed by atoms with Gasteiger partial charge in [0.2, 0.25) is 11.9 Å². The van der Waals surface area contributed by atoms with Crippen LogP contribution in [0.4, 0.5) is 11.6 Å². The molecule has 0 unspecified atom stereocenters. The number of carbonyl (C=O) groups excluding carboxylic acids is 1. The maximum absolute atomic E-state index is 12.7. The molecular formula is C24H34N6O. The number of anilines is 2. The van der Waals surface area contributed by atoms with Crippen LogP contribution in [0.5, 0.6) is 0 Å². The third-order valence-corrected chi connectivity index (χ3v) is 6.44. The van der Waals surface area contributed by atoms with Crippen LogP contribution in [0.2, 0.25) is 0 Å². The molecule has 0 radical (unpaired) electrons. The number of rotatable bonds is 5. The van der Waals surface area contributed by atoms with Gasteiger partial charge in [0.25, 0.3) is 0 Å². The van der Waals surface area contributed by atoms with E-state index in [4.69, 9.17) is 4.98 Å². The summed E-state index contributed by atoms with van der Waals surface area (Å²) in [5.74, 6) is 2.00.